The van der Waals surface area contributed by atoms with Gasteiger partial charge in [0.1, 0.15) is 0 Å². The first kappa shape index (κ1) is 20.5. The van der Waals surface area contributed by atoms with Crippen molar-refractivity contribution in [3.63, 3.8) is 0 Å². The van der Waals surface area contributed by atoms with E-state index < -0.39 is 10.8 Å². The Hall–Kier alpha value is -3.82. The number of carbonyl (C=O) groups is 1. The molecule has 0 aliphatic rings. The number of aromatic hydroxyl groups is 1. The molecule has 10 heteroatoms. The number of benzene rings is 2. The van der Waals surface area contributed by atoms with E-state index in [-0.39, 0.29) is 29.2 Å². The van der Waals surface area contributed by atoms with Crippen LogP contribution in [0.15, 0.2) is 35.4 Å². The number of nitro groups is 1. The molecule has 0 saturated heterocycles. The molecule has 0 unspecified atom stereocenters. The average Bonchev–Trinajstić information content (AvgIpc) is 2.68. The van der Waals surface area contributed by atoms with Crippen molar-refractivity contribution in [2.75, 3.05) is 21.3 Å². The van der Waals surface area contributed by atoms with Gasteiger partial charge in [0.2, 0.25) is 5.91 Å². The van der Waals surface area contributed by atoms with Crippen molar-refractivity contribution in [1.82, 2.24) is 5.43 Å². The average molecular weight is 389 g/mol. The Labute approximate surface area is 160 Å². The molecule has 10 nitrogen and oxygen atoms in total. The van der Waals surface area contributed by atoms with Crippen molar-refractivity contribution in [1.29, 1.82) is 0 Å². The van der Waals surface area contributed by atoms with Gasteiger partial charge in [0, 0.05) is 11.6 Å². The normalized spacial score (nSPS) is 10.5. The number of non-ortho nitro benzene ring substituents is 1. The highest BCUT2D eigenvalue weighted by molar-refractivity contribution is 5.87. The first-order valence-electron chi connectivity index (χ1n) is 7.97. The Kier molecular flexibility index (Phi) is 6.74. The highest BCUT2D eigenvalue weighted by Crippen LogP contribution is 2.33. The van der Waals surface area contributed by atoms with Crippen LogP contribution in [0.3, 0.4) is 0 Å². The summed E-state index contributed by atoms with van der Waals surface area (Å²) >= 11 is 0. The van der Waals surface area contributed by atoms with Crippen molar-refractivity contribution in [2.24, 2.45) is 5.10 Å². The molecule has 0 radical (unpaired) electrons. The van der Waals surface area contributed by atoms with Crippen LogP contribution in [0.2, 0.25) is 0 Å². The Balaban J connectivity index is 2.09. The lowest BCUT2D eigenvalue weighted by atomic mass is 10.1. The minimum atomic E-state index is -0.630. The third-order valence-corrected chi connectivity index (χ3v) is 3.73. The highest BCUT2D eigenvalue weighted by atomic mass is 16.6. The second-order valence-electron chi connectivity index (χ2n) is 5.50. The number of hydrogen-bond donors (Lipinski definition) is 2. The molecule has 0 heterocycles. The lowest BCUT2D eigenvalue weighted by Gasteiger charge is -2.09. The Morgan fingerprint density at radius 1 is 1.14 bits per heavy atom. The molecule has 0 aliphatic heterocycles. The molecule has 0 aliphatic carbocycles. The number of nitrogens with one attached hydrogen (secondary N) is 1. The molecule has 0 atom stereocenters. The summed E-state index contributed by atoms with van der Waals surface area (Å²) in [6.45, 7) is 0. The third kappa shape index (κ3) is 4.87. The van der Waals surface area contributed by atoms with Gasteiger partial charge < -0.3 is 19.3 Å². The number of phenolic OH excluding ortho intramolecular Hbond substituents is 1. The predicted octanol–water partition coefficient (Wildman–Crippen LogP) is 2.02. The lowest BCUT2D eigenvalue weighted by Crippen LogP contribution is -2.19. The summed E-state index contributed by atoms with van der Waals surface area (Å²) in [4.78, 5) is 22.4. The number of nitro benzene ring substituents is 1. The highest BCUT2D eigenvalue weighted by Gasteiger charge is 2.16. The topological polar surface area (TPSA) is 133 Å². The Morgan fingerprint density at radius 3 is 2.43 bits per heavy atom. The van der Waals surface area contributed by atoms with Gasteiger partial charge in [0.05, 0.1) is 45.0 Å². The van der Waals surface area contributed by atoms with Gasteiger partial charge in [-0.1, -0.05) is 6.07 Å². The molecule has 0 saturated carbocycles. The second kappa shape index (κ2) is 9.21. The smallest absolute Gasteiger partial charge is 0.274 e. The number of ether oxygens (including phenoxy) is 3. The van der Waals surface area contributed by atoms with Crippen LogP contribution >= 0.6 is 0 Å². The summed E-state index contributed by atoms with van der Waals surface area (Å²) in [5.74, 6) is 0.198. The van der Waals surface area contributed by atoms with Crippen LogP contribution in [0.5, 0.6) is 23.0 Å². The number of methoxy groups -OCH3 is 3. The number of phenols is 1. The van der Waals surface area contributed by atoms with Crippen LogP contribution in [0.1, 0.15) is 11.1 Å². The van der Waals surface area contributed by atoms with E-state index in [0.29, 0.717) is 17.1 Å². The van der Waals surface area contributed by atoms with Gasteiger partial charge in [-0.25, -0.2) is 5.43 Å². The number of amides is 1. The zero-order valence-corrected chi connectivity index (χ0v) is 15.5. The van der Waals surface area contributed by atoms with Crippen molar-refractivity contribution >= 4 is 17.8 Å². The zero-order valence-electron chi connectivity index (χ0n) is 15.5. The van der Waals surface area contributed by atoms with E-state index in [0.717, 1.165) is 18.3 Å². The number of carbonyl (C=O) groups excluding carboxylic acids is 1. The fourth-order valence-electron chi connectivity index (χ4n) is 2.36. The SMILES string of the molecule is COc1ccc(CC(=O)N/N=C/c2cc([N+](=O)[O-])cc(OC)c2O)cc1OC. The van der Waals surface area contributed by atoms with Crippen LogP contribution in [-0.4, -0.2) is 43.5 Å². The quantitative estimate of drug-likeness (QED) is 0.401. The summed E-state index contributed by atoms with van der Waals surface area (Å²) in [5.41, 5.74) is 2.71. The Morgan fingerprint density at radius 2 is 1.82 bits per heavy atom. The van der Waals surface area contributed by atoms with Crippen LogP contribution in [0.25, 0.3) is 0 Å². The maximum absolute atomic E-state index is 12.0. The Bertz CT molecular complexity index is 912. The van der Waals surface area contributed by atoms with E-state index in [1.807, 2.05) is 0 Å². The van der Waals surface area contributed by atoms with Gasteiger partial charge in [-0.2, -0.15) is 5.10 Å². The third-order valence-electron chi connectivity index (χ3n) is 3.73. The molecule has 2 aromatic rings. The molecular formula is C18H19N3O7. The fraction of sp³-hybridized carbons (Fsp3) is 0.222. The van der Waals surface area contributed by atoms with E-state index in [4.69, 9.17) is 14.2 Å². The van der Waals surface area contributed by atoms with Crippen LogP contribution < -0.4 is 19.6 Å². The minimum absolute atomic E-state index is 0.0158. The van der Waals surface area contributed by atoms with Crippen molar-refractivity contribution in [3.8, 4) is 23.0 Å². The van der Waals surface area contributed by atoms with Gasteiger partial charge in [0.25, 0.3) is 5.69 Å². The first-order chi connectivity index (χ1) is 13.4. The van der Waals surface area contributed by atoms with Crippen LogP contribution in [0, 0.1) is 10.1 Å². The molecule has 0 spiro atoms. The fourth-order valence-corrected chi connectivity index (χ4v) is 2.36. The van der Waals surface area contributed by atoms with E-state index in [9.17, 15) is 20.0 Å². The molecule has 2 aromatic carbocycles. The van der Waals surface area contributed by atoms with E-state index in [2.05, 4.69) is 10.5 Å². The largest absolute Gasteiger partial charge is 0.504 e. The molecule has 2 rings (SSSR count). The monoisotopic (exact) mass is 389 g/mol. The molecular weight excluding hydrogens is 370 g/mol. The molecule has 28 heavy (non-hydrogen) atoms. The van der Waals surface area contributed by atoms with Gasteiger partial charge in [-0.15, -0.1) is 0 Å². The maximum atomic E-state index is 12.0. The van der Waals surface area contributed by atoms with Gasteiger partial charge in [-0.3, -0.25) is 14.9 Å². The van der Waals surface area contributed by atoms with Crippen molar-refractivity contribution in [3.05, 3.63) is 51.6 Å². The van der Waals surface area contributed by atoms with Gasteiger partial charge in [-0.05, 0) is 17.7 Å². The maximum Gasteiger partial charge on any atom is 0.274 e. The molecule has 0 bridgehead atoms. The summed E-state index contributed by atoms with van der Waals surface area (Å²) in [7, 11) is 4.27. The van der Waals surface area contributed by atoms with Crippen LogP contribution in [0.4, 0.5) is 5.69 Å². The molecule has 2 N–H and O–H groups in total. The first-order valence-corrected chi connectivity index (χ1v) is 7.97. The zero-order chi connectivity index (χ0) is 20.7. The number of rotatable bonds is 8. The number of hydrazone groups is 1. The van der Waals surface area contributed by atoms with Crippen LogP contribution in [-0.2, 0) is 11.2 Å². The van der Waals surface area contributed by atoms with Gasteiger partial charge >= 0.3 is 0 Å². The van der Waals surface area contributed by atoms with E-state index >= 15 is 0 Å². The predicted molar refractivity (Wildman–Crippen MR) is 100 cm³/mol. The molecule has 0 aromatic heterocycles. The summed E-state index contributed by atoms with van der Waals surface area (Å²) in [6, 6.07) is 7.25. The summed E-state index contributed by atoms with van der Waals surface area (Å²) in [6.07, 6.45) is 1.11. The van der Waals surface area contributed by atoms with Crippen molar-refractivity contribution in [2.45, 2.75) is 6.42 Å². The second-order valence-corrected chi connectivity index (χ2v) is 5.50. The molecule has 0 fully saturated rings. The number of nitrogens with zero attached hydrogens (tertiary/aromatic N) is 2. The summed E-state index contributed by atoms with van der Waals surface area (Å²) in [5, 5.41) is 24.7. The standard InChI is InChI=1S/C18H19N3O7/c1-26-14-5-4-11(6-15(14)27-2)7-17(22)20-19-10-12-8-13(21(24)25)9-16(28-3)18(12)23/h4-6,8-10,23H,7H2,1-3H3,(H,20,22)/b19-10+. The molecule has 1 amide bonds. The summed E-state index contributed by atoms with van der Waals surface area (Å²) < 4.78 is 15.2. The number of hydrogen-bond acceptors (Lipinski definition) is 8. The molecule has 148 valence electrons. The minimum Gasteiger partial charge on any atom is -0.504 e. The van der Waals surface area contributed by atoms with Crippen molar-refractivity contribution < 1.29 is 29.0 Å². The van der Waals surface area contributed by atoms with E-state index in [1.165, 1.54) is 21.3 Å². The van der Waals surface area contributed by atoms with Gasteiger partial charge in [0.15, 0.2) is 23.0 Å². The lowest BCUT2D eigenvalue weighted by molar-refractivity contribution is -0.385. The van der Waals surface area contributed by atoms with E-state index in [1.54, 1.807) is 18.2 Å².